The molecule has 162 valence electrons. The molecule has 1 saturated carbocycles. The minimum atomic E-state index is -0.313. The van der Waals surface area contributed by atoms with Crippen LogP contribution >= 0.6 is 0 Å². The number of Topliss-reactive ketones (excluding diaryl/α,β-unsaturated/α-hetero) is 1. The number of aliphatic imine (C=N–C) groups is 1. The number of benzene rings is 1. The van der Waals surface area contributed by atoms with E-state index in [1.807, 2.05) is 0 Å². The van der Waals surface area contributed by atoms with Gasteiger partial charge in [0.25, 0.3) is 0 Å². The maximum atomic E-state index is 13.4. The first-order chi connectivity index (χ1) is 14.9. The van der Waals surface area contributed by atoms with Crippen molar-refractivity contribution in [2.45, 2.75) is 71.4 Å². The molecule has 2 aliphatic carbocycles. The average Bonchev–Trinajstić information content (AvgIpc) is 3.05. The molecule has 0 radical (unpaired) electrons. The van der Waals surface area contributed by atoms with Gasteiger partial charge in [-0.15, -0.1) is 0 Å². The molecule has 0 atom stereocenters. The van der Waals surface area contributed by atoms with Gasteiger partial charge in [0.2, 0.25) is 0 Å². The summed E-state index contributed by atoms with van der Waals surface area (Å²) in [4.78, 5) is 20.9. The zero-order valence-electron chi connectivity index (χ0n) is 19.2. The minimum absolute atomic E-state index is 0.174. The number of allylic oxidation sites excluding steroid dienone is 6. The van der Waals surface area contributed by atoms with Crippen LogP contribution in [0.1, 0.15) is 69.9 Å². The number of nitrogens with zero attached hydrogens (tertiary/aromatic N) is 2. The molecule has 3 nitrogen and oxygen atoms in total. The van der Waals surface area contributed by atoms with Gasteiger partial charge in [0.1, 0.15) is 5.66 Å². The molecule has 1 aromatic carbocycles. The molecule has 1 spiro atoms. The fraction of sp³-hybridized carbons (Fsp3) is 0.429. The van der Waals surface area contributed by atoms with Crippen LogP contribution in [0.2, 0.25) is 0 Å². The van der Waals surface area contributed by atoms with Crippen LogP contribution in [-0.2, 0) is 4.79 Å². The second-order valence-corrected chi connectivity index (χ2v) is 9.16. The van der Waals surface area contributed by atoms with Gasteiger partial charge in [-0.1, -0.05) is 60.6 Å². The highest BCUT2D eigenvalue weighted by atomic mass is 16.1. The molecule has 3 aliphatic rings. The first kappa shape index (κ1) is 21.5. The van der Waals surface area contributed by atoms with E-state index in [4.69, 9.17) is 4.99 Å². The Morgan fingerprint density at radius 2 is 1.90 bits per heavy atom. The normalized spacial score (nSPS) is 21.1. The summed E-state index contributed by atoms with van der Waals surface area (Å²) in [6.07, 6.45) is 13.8. The Balaban J connectivity index is 1.62. The van der Waals surface area contributed by atoms with E-state index in [9.17, 15) is 4.79 Å². The van der Waals surface area contributed by atoms with Crippen LogP contribution in [0.4, 0.5) is 0 Å². The lowest BCUT2D eigenvalue weighted by Gasteiger charge is -2.40. The number of hydrogen-bond donors (Lipinski definition) is 0. The van der Waals surface area contributed by atoms with E-state index in [-0.39, 0.29) is 11.4 Å². The Hall–Kier alpha value is -2.68. The summed E-state index contributed by atoms with van der Waals surface area (Å²) >= 11 is 0. The van der Waals surface area contributed by atoms with E-state index >= 15 is 0 Å². The third kappa shape index (κ3) is 4.23. The Kier molecular flexibility index (Phi) is 6.13. The second-order valence-electron chi connectivity index (χ2n) is 9.16. The van der Waals surface area contributed by atoms with Crippen LogP contribution in [0.5, 0.6) is 0 Å². The van der Waals surface area contributed by atoms with E-state index < -0.39 is 0 Å². The molecular formula is C28H34N2O. The maximum Gasteiger partial charge on any atom is 0.181 e. The van der Waals surface area contributed by atoms with Gasteiger partial charge in [-0.05, 0) is 70.9 Å². The van der Waals surface area contributed by atoms with Crippen molar-refractivity contribution in [3.63, 3.8) is 0 Å². The van der Waals surface area contributed by atoms with Gasteiger partial charge >= 0.3 is 0 Å². The van der Waals surface area contributed by atoms with Crippen molar-refractivity contribution in [2.75, 3.05) is 6.54 Å². The molecular weight excluding hydrogens is 380 g/mol. The Morgan fingerprint density at radius 3 is 2.58 bits per heavy atom. The van der Waals surface area contributed by atoms with Crippen LogP contribution in [0.25, 0.3) is 0 Å². The summed E-state index contributed by atoms with van der Waals surface area (Å²) < 4.78 is 0. The molecule has 0 unspecified atom stereocenters. The summed E-state index contributed by atoms with van der Waals surface area (Å²) in [5, 5.41) is 0. The fourth-order valence-electron chi connectivity index (χ4n) is 5.02. The van der Waals surface area contributed by atoms with E-state index in [1.54, 1.807) is 0 Å². The maximum absolute atomic E-state index is 13.4. The quantitative estimate of drug-likeness (QED) is 0.554. The predicted octanol–water partition coefficient (Wildman–Crippen LogP) is 6.46. The summed E-state index contributed by atoms with van der Waals surface area (Å²) in [5.74, 6) is 0.174. The van der Waals surface area contributed by atoms with Crippen molar-refractivity contribution in [3.05, 3.63) is 82.6 Å². The fourth-order valence-corrected chi connectivity index (χ4v) is 5.02. The van der Waals surface area contributed by atoms with E-state index in [0.717, 1.165) is 61.1 Å². The largest absolute Gasteiger partial charge is 0.338 e. The highest BCUT2D eigenvalue weighted by Gasteiger charge is 2.45. The van der Waals surface area contributed by atoms with Crippen molar-refractivity contribution in [1.82, 2.24) is 4.90 Å². The molecule has 0 saturated heterocycles. The first-order valence-electron chi connectivity index (χ1n) is 11.6. The van der Waals surface area contributed by atoms with Crippen molar-refractivity contribution in [1.29, 1.82) is 0 Å². The highest BCUT2D eigenvalue weighted by molar-refractivity contribution is 6.14. The van der Waals surface area contributed by atoms with E-state index in [0.29, 0.717) is 6.54 Å². The van der Waals surface area contributed by atoms with Crippen LogP contribution in [0.3, 0.4) is 0 Å². The molecule has 1 aliphatic heterocycles. The van der Waals surface area contributed by atoms with Gasteiger partial charge in [-0.2, -0.15) is 0 Å². The number of ketones is 1. The number of rotatable bonds is 5. The third-order valence-electron chi connectivity index (χ3n) is 7.07. The van der Waals surface area contributed by atoms with Crippen LogP contribution in [-0.4, -0.2) is 28.6 Å². The van der Waals surface area contributed by atoms with Crippen molar-refractivity contribution in [2.24, 2.45) is 4.99 Å². The number of carbonyl (C=O) groups is 1. The van der Waals surface area contributed by atoms with Crippen LogP contribution in [0.15, 0.2) is 76.5 Å². The van der Waals surface area contributed by atoms with Crippen molar-refractivity contribution >= 4 is 11.5 Å². The topological polar surface area (TPSA) is 32.7 Å². The van der Waals surface area contributed by atoms with Gasteiger partial charge in [-0.25, -0.2) is 0 Å². The van der Waals surface area contributed by atoms with Crippen molar-refractivity contribution in [3.8, 4) is 0 Å². The number of hydrogen-bond acceptors (Lipinski definition) is 3. The van der Waals surface area contributed by atoms with Crippen molar-refractivity contribution < 1.29 is 4.79 Å². The van der Waals surface area contributed by atoms with E-state index in [2.05, 4.69) is 74.7 Å². The number of carbonyl (C=O) groups excluding carboxylic acids is 1. The lowest BCUT2D eigenvalue weighted by atomic mass is 9.87. The van der Waals surface area contributed by atoms with Gasteiger partial charge in [-0.3, -0.25) is 9.79 Å². The van der Waals surface area contributed by atoms with Crippen LogP contribution in [0, 0.1) is 6.92 Å². The summed E-state index contributed by atoms with van der Waals surface area (Å²) in [6, 6.07) is 8.49. The van der Waals surface area contributed by atoms with Gasteiger partial charge in [0.05, 0.1) is 18.0 Å². The molecule has 0 N–H and O–H groups in total. The predicted molar refractivity (Wildman–Crippen MR) is 129 cm³/mol. The smallest absolute Gasteiger partial charge is 0.181 e. The van der Waals surface area contributed by atoms with Gasteiger partial charge in [0.15, 0.2) is 5.78 Å². The Bertz CT molecular complexity index is 998. The zero-order chi connectivity index (χ0) is 22.0. The molecule has 0 bridgehead atoms. The Morgan fingerprint density at radius 1 is 1.19 bits per heavy atom. The lowest BCUT2D eigenvalue weighted by Crippen LogP contribution is -2.47. The van der Waals surface area contributed by atoms with E-state index in [1.165, 1.54) is 23.1 Å². The molecule has 1 heterocycles. The van der Waals surface area contributed by atoms with Gasteiger partial charge in [0, 0.05) is 11.1 Å². The Labute approximate surface area is 187 Å². The summed E-state index contributed by atoms with van der Waals surface area (Å²) in [7, 11) is 0. The molecule has 0 amide bonds. The summed E-state index contributed by atoms with van der Waals surface area (Å²) in [6.45, 7) is 11.0. The molecule has 31 heavy (non-hydrogen) atoms. The monoisotopic (exact) mass is 414 g/mol. The van der Waals surface area contributed by atoms with Gasteiger partial charge < -0.3 is 4.90 Å². The lowest BCUT2D eigenvalue weighted by molar-refractivity contribution is -0.117. The summed E-state index contributed by atoms with van der Waals surface area (Å²) in [5.41, 5.74) is 7.23. The number of aryl methyl sites for hydroxylation is 1. The average molecular weight is 415 g/mol. The molecule has 1 fully saturated rings. The zero-order valence-corrected chi connectivity index (χ0v) is 19.2. The second kappa shape index (κ2) is 8.82. The minimum Gasteiger partial charge on any atom is -0.338 e. The molecule has 3 heteroatoms. The third-order valence-corrected chi connectivity index (χ3v) is 7.07. The SMILES string of the molecule is C=C1C(c2ccc(C)cc2)=NC2(CCCCC2)N1CC(=O)C1=CCCC(/C(C)=C/C)=C1. The molecule has 1 aromatic rings. The first-order valence-corrected chi connectivity index (χ1v) is 11.6. The standard InChI is InChI=1S/C28H34N2O/c1-5-21(3)24-10-9-11-25(18-24)26(31)19-30-22(4)27(23-14-12-20(2)13-15-23)29-28(30)16-7-6-8-17-28/h5,11-15,18H,4,6-10,16-17,19H2,1-3H3/b21-5+. The van der Waals surface area contributed by atoms with Crippen LogP contribution < -0.4 is 0 Å². The molecule has 0 aromatic heterocycles. The highest BCUT2D eigenvalue weighted by Crippen LogP contribution is 2.42. The molecule has 4 rings (SSSR count).